The second-order valence-electron chi connectivity index (χ2n) is 8.30. The van der Waals surface area contributed by atoms with Gasteiger partial charge in [-0.15, -0.1) is 0 Å². The molecule has 1 amide bonds. The Morgan fingerprint density at radius 2 is 1.68 bits per heavy atom. The van der Waals surface area contributed by atoms with Crippen LogP contribution < -0.4 is 5.32 Å². The Kier molecular flexibility index (Phi) is 5.33. The van der Waals surface area contributed by atoms with E-state index in [4.69, 9.17) is 0 Å². The van der Waals surface area contributed by atoms with Crippen molar-refractivity contribution in [1.29, 1.82) is 0 Å². The third kappa shape index (κ3) is 4.26. The Labute approximate surface area is 190 Å². The number of nitrogens with zero attached hydrogens (tertiary/aromatic N) is 2. The molecule has 1 fully saturated rings. The van der Waals surface area contributed by atoms with E-state index in [9.17, 15) is 43.6 Å². The quantitative estimate of drug-likeness (QED) is 0.478. The fourth-order valence-electron chi connectivity index (χ4n) is 4.06. The Bertz CT molecular complexity index is 1390. The molecule has 0 spiro atoms. The van der Waals surface area contributed by atoms with Crippen molar-refractivity contribution < 1.29 is 43.6 Å². The monoisotopic (exact) mass is 525 g/mol. The molecule has 2 aliphatic rings. The number of fused-ring (bicyclic) bond motifs is 1. The van der Waals surface area contributed by atoms with Gasteiger partial charge in [-0.2, -0.15) is 22.0 Å². The normalized spacial score (nSPS) is 20.3. The molecular formula is C19H16F5N3O5S2. The Balaban J connectivity index is 1.77. The van der Waals surface area contributed by atoms with Gasteiger partial charge in [0.25, 0.3) is 5.92 Å². The van der Waals surface area contributed by atoms with Gasteiger partial charge < -0.3 is 5.32 Å². The number of halogens is 5. The molecule has 0 saturated carbocycles. The van der Waals surface area contributed by atoms with Crippen molar-refractivity contribution in [3.05, 3.63) is 41.1 Å². The van der Waals surface area contributed by atoms with E-state index in [1.807, 2.05) is 0 Å². The van der Waals surface area contributed by atoms with Crippen molar-refractivity contribution in [2.45, 2.75) is 35.6 Å². The summed E-state index contributed by atoms with van der Waals surface area (Å²) in [6.07, 6.45) is -5.20. The largest absolute Gasteiger partial charge is 0.471 e. The number of alkyl halides is 5. The topological polar surface area (TPSA) is 123 Å². The van der Waals surface area contributed by atoms with E-state index >= 15 is 0 Å². The molecule has 1 aromatic heterocycles. The summed E-state index contributed by atoms with van der Waals surface area (Å²) >= 11 is 0. The zero-order chi connectivity index (χ0) is 25.3. The van der Waals surface area contributed by atoms with Gasteiger partial charge in [-0.1, -0.05) is 24.3 Å². The molecule has 2 aromatic rings. The lowest BCUT2D eigenvalue weighted by Crippen LogP contribution is -2.64. The lowest BCUT2D eigenvalue weighted by Gasteiger charge is -2.42. The number of sulfone groups is 2. The van der Waals surface area contributed by atoms with Gasteiger partial charge in [0.2, 0.25) is 15.0 Å². The van der Waals surface area contributed by atoms with Crippen LogP contribution in [0.3, 0.4) is 0 Å². The Hall–Kier alpha value is -2.68. The number of benzene rings is 1. The van der Waals surface area contributed by atoms with E-state index in [1.54, 1.807) is 5.32 Å². The number of hydrogen-bond acceptors (Lipinski definition) is 7. The number of carbonyl (C=O) groups is 1. The van der Waals surface area contributed by atoms with Crippen molar-refractivity contribution in [3.63, 3.8) is 0 Å². The standard InChI is InChI=1S/C19H16F5N3O5S2/c1-33(29,30)16-25-13(12-6-7-18(20,21)14(12)26-16)10-2-4-11(5-3-10)17(8-34(31,32)9-17)27-15(28)19(22,23)24/h2-5H,6-9H2,1H3,(H,27,28). The van der Waals surface area contributed by atoms with Crippen LogP contribution in [-0.4, -0.2) is 56.6 Å². The number of hydrogen-bond donors (Lipinski definition) is 1. The molecule has 8 nitrogen and oxygen atoms in total. The van der Waals surface area contributed by atoms with Gasteiger partial charge in [0.1, 0.15) is 5.69 Å². The molecule has 0 bridgehead atoms. The van der Waals surface area contributed by atoms with Crippen LogP contribution in [0.2, 0.25) is 0 Å². The van der Waals surface area contributed by atoms with Crippen LogP contribution >= 0.6 is 0 Å². The molecule has 34 heavy (non-hydrogen) atoms. The average molecular weight is 525 g/mol. The summed E-state index contributed by atoms with van der Waals surface area (Å²) in [5.41, 5.74) is -2.35. The fraction of sp³-hybridized carbons (Fsp3) is 0.421. The SMILES string of the molecule is CS(=O)(=O)c1nc(-c2ccc(C3(NC(=O)C(F)(F)F)CS(=O)(=O)C3)cc2)c2c(n1)C(F)(F)CC2. The summed E-state index contributed by atoms with van der Waals surface area (Å²) < 4.78 is 114. The number of carbonyl (C=O) groups excluding carboxylic acids is 1. The molecule has 4 rings (SSSR count). The van der Waals surface area contributed by atoms with Crippen molar-refractivity contribution >= 4 is 25.6 Å². The Morgan fingerprint density at radius 1 is 1.09 bits per heavy atom. The first-order valence-electron chi connectivity index (χ1n) is 9.64. The second-order valence-corrected chi connectivity index (χ2v) is 12.3. The predicted molar refractivity (Wildman–Crippen MR) is 107 cm³/mol. The lowest BCUT2D eigenvalue weighted by atomic mass is 9.91. The third-order valence-electron chi connectivity index (χ3n) is 5.61. The van der Waals surface area contributed by atoms with Crippen LogP contribution in [0.25, 0.3) is 11.3 Å². The minimum atomic E-state index is -5.24. The molecule has 1 saturated heterocycles. The van der Waals surface area contributed by atoms with Gasteiger partial charge in [-0.05, 0) is 12.0 Å². The second kappa shape index (κ2) is 7.41. The highest BCUT2D eigenvalue weighted by atomic mass is 32.2. The van der Waals surface area contributed by atoms with E-state index < -0.39 is 72.0 Å². The van der Waals surface area contributed by atoms with E-state index in [0.29, 0.717) is 0 Å². The summed E-state index contributed by atoms with van der Waals surface area (Å²) in [4.78, 5) is 19.0. The number of aromatic nitrogens is 2. The number of amides is 1. The van der Waals surface area contributed by atoms with Crippen LogP contribution in [0, 0.1) is 0 Å². The molecule has 1 N–H and O–H groups in total. The highest BCUT2D eigenvalue weighted by molar-refractivity contribution is 7.93. The van der Waals surface area contributed by atoms with Gasteiger partial charge >= 0.3 is 12.1 Å². The van der Waals surface area contributed by atoms with Gasteiger partial charge in [0, 0.05) is 23.8 Å². The van der Waals surface area contributed by atoms with Crippen molar-refractivity contribution in [2.24, 2.45) is 0 Å². The minimum absolute atomic E-state index is 0.0384. The van der Waals surface area contributed by atoms with E-state index in [1.165, 1.54) is 24.3 Å². The molecule has 0 atom stereocenters. The highest BCUT2D eigenvalue weighted by Crippen LogP contribution is 2.44. The molecule has 1 aliphatic heterocycles. The van der Waals surface area contributed by atoms with E-state index in [2.05, 4.69) is 9.97 Å². The smallest absolute Gasteiger partial charge is 0.337 e. The molecule has 0 radical (unpaired) electrons. The van der Waals surface area contributed by atoms with Crippen LogP contribution in [-0.2, 0) is 42.4 Å². The summed E-state index contributed by atoms with van der Waals surface area (Å²) in [5, 5.41) is 0.935. The molecular weight excluding hydrogens is 509 g/mol. The zero-order valence-electron chi connectivity index (χ0n) is 17.3. The first-order valence-corrected chi connectivity index (χ1v) is 13.3. The van der Waals surface area contributed by atoms with Gasteiger partial charge in [-0.3, -0.25) is 4.79 Å². The number of rotatable bonds is 4. The first-order chi connectivity index (χ1) is 15.4. The zero-order valence-corrected chi connectivity index (χ0v) is 18.9. The van der Waals surface area contributed by atoms with Crippen molar-refractivity contribution in [2.75, 3.05) is 17.8 Å². The maximum Gasteiger partial charge on any atom is 0.471 e. The molecule has 15 heteroatoms. The molecule has 2 heterocycles. The summed E-state index contributed by atoms with van der Waals surface area (Å²) in [5.74, 6) is -7.18. The summed E-state index contributed by atoms with van der Waals surface area (Å²) in [7, 11) is -7.73. The average Bonchev–Trinajstić information content (AvgIpc) is 2.99. The van der Waals surface area contributed by atoms with Crippen molar-refractivity contribution in [1.82, 2.24) is 15.3 Å². The minimum Gasteiger partial charge on any atom is -0.337 e. The number of nitrogens with one attached hydrogen (secondary N) is 1. The van der Waals surface area contributed by atoms with Crippen molar-refractivity contribution in [3.8, 4) is 11.3 Å². The van der Waals surface area contributed by atoms with Gasteiger partial charge in [0.15, 0.2) is 9.84 Å². The Morgan fingerprint density at radius 3 is 2.18 bits per heavy atom. The highest BCUT2D eigenvalue weighted by Gasteiger charge is 2.54. The maximum absolute atomic E-state index is 14.3. The maximum atomic E-state index is 14.3. The summed E-state index contributed by atoms with van der Waals surface area (Å²) in [6, 6.07) is 5.05. The van der Waals surface area contributed by atoms with Crippen LogP contribution in [0.15, 0.2) is 29.4 Å². The molecule has 1 aliphatic carbocycles. The molecule has 0 unspecified atom stereocenters. The third-order valence-corrected chi connectivity index (χ3v) is 8.32. The summed E-state index contributed by atoms with van der Waals surface area (Å²) in [6.45, 7) is 0. The van der Waals surface area contributed by atoms with Crippen LogP contribution in [0.5, 0.6) is 0 Å². The molecule has 1 aromatic carbocycles. The lowest BCUT2D eigenvalue weighted by molar-refractivity contribution is -0.175. The fourth-order valence-corrected chi connectivity index (χ4v) is 6.47. The predicted octanol–water partition coefficient (Wildman–Crippen LogP) is 1.89. The first kappa shape index (κ1) is 24.4. The van der Waals surface area contributed by atoms with E-state index in [0.717, 1.165) is 6.26 Å². The molecule has 184 valence electrons. The van der Waals surface area contributed by atoms with Gasteiger partial charge in [-0.25, -0.2) is 26.8 Å². The van der Waals surface area contributed by atoms with Gasteiger partial charge in [0.05, 0.1) is 22.7 Å². The van der Waals surface area contributed by atoms with E-state index in [-0.39, 0.29) is 28.8 Å². The van der Waals surface area contributed by atoms with Crippen LogP contribution in [0.4, 0.5) is 22.0 Å². The van der Waals surface area contributed by atoms with Crippen LogP contribution in [0.1, 0.15) is 23.2 Å².